The summed E-state index contributed by atoms with van der Waals surface area (Å²) in [5.41, 5.74) is 0. The van der Waals surface area contributed by atoms with Crippen molar-refractivity contribution in [2.45, 2.75) is 30.5 Å². The molecule has 2 aromatic rings. The Morgan fingerprint density at radius 1 is 1.36 bits per heavy atom. The second-order valence-corrected chi connectivity index (χ2v) is 8.71. The maximum absolute atomic E-state index is 12.1. The van der Waals surface area contributed by atoms with Crippen LogP contribution < -0.4 is 0 Å². The lowest BCUT2D eigenvalue weighted by Gasteiger charge is -2.22. The first kappa shape index (κ1) is 15.7. The lowest BCUT2D eigenvalue weighted by molar-refractivity contribution is 0.223. The molecule has 0 radical (unpaired) electrons. The van der Waals surface area contributed by atoms with Gasteiger partial charge in [0.25, 0.3) is 10.0 Å². The Morgan fingerprint density at radius 3 is 2.86 bits per heavy atom. The highest BCUT2D eigenvalue weighted by molar-refractivity contribution is 7.88. The molecule has 0 amide bonds. The highest BCUT2D eigenvalue weighted by Gasteiger charge is 2.28. The molecular formula is C15H20N2O3S2. The Morgan fingerprint density at radius 2 is 2.18 bits per heavy atom. The van der Waals surface area contributed by atoms with Crippen LogP contribution in [0.25, 0.3) is 0 Å². The predicted octanol–water partition coefficient (Wildman–Crippen LogP) is 2.93. The van der Waals surface area contributed by atoms with E-state index in [1.54, 1.807) is 23.5 Å². The van der Waals surface area contributed by atoms with E-state index >= 15 is 0 Å². The smallest absolute Gasteiger partial charge is 0.275 e. The first-order chi connectivity index (χ1) is 10.5. The minimum absolute atomic E-state index is 0.0133. The molecule has 0 saturated carbocycles. The van der Waals surface area contributed by atoms with Crippen molar-refractivity contribution < 1.29 is 12.8 Å². The van der Waals surface area contributed by atoms with E-state index in [1.807, 2.05) is 0 Å². The molecule has 0 spiro atoms. The number of furan rings is 1. The lowest BCUT2D eigenvalue weighted by atomic mass is 10.2. The van der Waals surface area contributed by atoms with Crippen LogP contribution in [0.5, 0.6) is 0 Å². The van der Waals surface area contributed by atoms with Crippen molar-refractivity contribution in [3.63, 3.8) is 0 Å². The third-order valence-electron chi connectivity index (χ3n) is 3.97. The molecule has 0 aliphatic carbocycles. The van der Waals surface area contributed by atoms with E-state index in [-0.39, 0.29) is 5.09 Å². The summed E-state index contributed by atoms with van der Waals surface area (Å²) >= 11 is 1.77. The SMILES string of the molecule is CN(C)S(=O)(=O)c1ccc(CN2CCC[C@H]2c2cccs2)o1. The van der Waals surface area contributed by atoms with E-state index in [9.17, 15) is 8.42 Å². The monoisotopic (exact) mass is 340 g/mol. The van der Waals surface area contributed by atoms with E-state index in [0.717, 1.165) is 19.4 Å². The van der Waals surface area contributed by atoms with Gasteiger partial charge in [-0.05, 0) is 43.0 Å². The van der Waals surface area contributed by atoms with Crippen molar-refractivity contribution in [3.8, 4) is 0 Å². The third kappa shape index (κ3) is 2.99. The van der Waals surface area contributed by atoms with E-state index < -0.39 is 10.0 Å². The molecule has 0 unspecified atom stereocenters. The molecule has 1 aliphatic heterocycles. The van der Waals surface area contributed by atoms with Gasteiger partial charge in [0.05, 0.1) is 6.54 Å². The normalized spacial score (nSPS) is 20.0. The molecule has 3 heterocycles. The molecule has 3 rings (SSSR count). The molecule has 7 heteroatoms. The van der Waals surface area contributed by atoms with Crippen LogP contribution in [0.4, 0.5) is 0 Å². The molecular weight excluding hydrogens is 320 g/mol. The minimum Gasteiger partial charge on any atom is -0.447 e. The Kier molecular flexibility index (Phi) is 4.40. The maximum atomic E-state index is 12.1. The van der Waals surface area contributed by atoms with Gasteiger partial charge in [0.15, 0.2) is 0 Å². The van der Waals surface area contributed by atoms with Gasteiger partial charge in [-0.3, -0.25) is 4.90 Å². The quantitative estimate of drug-likeness (QED) is 0.840. The Balaban J connectivity index is 1.75. The minimum atomic E-state index is -3.50. The summed E-state index contributed by atoms with van der Waals surface area (Å²) in [4.78, 5) is 3.72. The van der Waals surface area contributed by atoms with Crippen LogP contribution in [-0.2, 0) is 16.6 Å². The van der Waals surface area contributed by atoms with Crippen LogP contribution in [0, 0.1) is 0 Å². The van der Waals surface area contributed by atoms with Crippen LogP contribution in [0.15, 0.2) is 39.2 Å². The fourth-order valence-electron chi connectivity index (χ4n) is 2.78. The number of likely N-dealkylation sites (tertiary alicyclic amines) is 1. The van der Waals surface area contributed by atoms with Crippen molar-refractivity contribution >= 4 is 21.4 Å². The Bertz CT molecular complexity index is 720. The summed E-state index contributed by atoms with van der Waals surface area (Å²) in [6.45, 7) is 1.66. The van der Waals surface area contributed by atoms with Crippen LogP contribution >= 0.6 is 11.3 Å². The molecule has 1 atom stereocenters. The molecule has 120 valence electrons. The van der Waals surface area contributed by atoms with Crippen molar-refractivity contribution in [2.75, 3.05) is 20.6 Å². The molecule has 2 aromatic heterocycles. The highest BCUT2D eigenvalue weighted by Crippen LogP contribution is 2.35. The summed E-state index contributed by atoms with van der Waals surface area (Å²) in [6.07, 6.45) is 2.30. The largest absolute Gasteiger partial charge is 0.447 e. The van der Waals surface area contributed by atoms with Crippen LogP contribution in [0.2, 0.25) is 0 Å². The van der Waals surface area contributed by atoms with Crippen LogP contribution in [-0.4, -0.2) is 38.3 Å². The van der Waals surface area contributed by atoms with Gasteiger partial charge in [-0.15, -0.1) is 11.3 Å². The molecule has 22 heavy (non-hydrogen) atoms. The zero-order valence-electron chi connectivity index (χ0n) is 12.7. The average Bonchev–Trinajstić information content (AvgIpc) is 3.19. The molecule has 1 fully saturated rings. The first-order valence-electron chi connectivity index (χ1n) is 7.27. The predicted molar refractivity (Wildman–Crippen MR) is 86.3 cm³/mol. The van der Waals surface area contributed by atoms with Gasteiger partial charge in [-0.2, -0.15) is 0 Å². The Labute approximate surface area is 135 Å². The number of hydrogen-bond acceptors (Lipinski definition) is 5. The zero-order valence-corrected chi connectivity index (χ0v) is 14.4. The van der Waals surface area contributed by atoms with E-state index in [4.69, 9.17) is 4.42 Å². The van der Waals surface area contributed by atoms with Crippen molar-refractivity contribution in [1.29, 1.82) is 0 Å². The maximum Gasteiger partial charge on any atom is 0.275 e. The van der Waals surface area contributed by atoms with E-state index in [1.165, 1.54) is 23.3 Å². The van der Waals surface area contributed by atoms with Crippen molar-refractivity contribution in [2.24, 2.45) is 0 Å². The molecule has 5 nitrogen and oxygen atoms in total. The molecule has 0 bridgehead atoms. The van der Waals surface area contributed by atoms with Gasteiger partial charge in [0.2, 0.25) is 5.09 Å². The van der Waals surface area contributed by atoms with Gasteiger partial charge < -0.3 is 4.42 Å². The number of rotatable bonds is 5. The average molecular weight is 340 g/mol. The molecule has 1 aliphatic rings. The Hall–Kier alpha value is -1.15. The number of sulfonamides is 1. The standard InChI is InChI=1S/C15H20N2O3S2/c1-16(2)22(18,19)15-8-7-12(20-15)11-17-9-3-5-13(17)14-6-4-10-21-14/h4,6-8,10,13H,3,5,9,11H2,1-2H3/t13-/m0/s1. The number of thiophene rings is 1. The number of nitrogens with zero attached hydrogens (tertiary/aromatic N) is 2. The topological polar surface area (TPSA) is 53.8 Å². The fourth-order valence-corrected chi connectivity index (χ4v) is 4.49. The third-order valence-corrected chi connectivity index (χ3v) is 6.63. The molecule has 0 N–H and O–H groups in total. The second kappa shape index (κ2) is 6.16. The summed E-state index contributed by atoms with van der Waals surface area (Å²) in [5.74, 6) is 0.698. The molecule has 1 saturated heterocycles. The van der Waals surface area contributed by atoms with Crippen molar-refractivity contribution in [1.82, 2.24) is 9.21 Å². The van der Waals surface area contributed by atoms with Gasteiger partial charge in [0, 0.05) is 25.0 Å². The van der Waals surface area contributed by atoms with Gasteiger partial charge >= 0.3 is 0 Å². The van der Waals surface area contributed by atoms with Crippen LogP contribution in [0.1, 0.15) is 29.5 Å². The molecule has 0 aromatic carbocycles. The van der Waals surface area contributed by atoms with Crippen molar-refractivity contribution in [3.05, 3.63) is 40.3 Å². The van der Waals surface area contributed by atoms with E-state index in [0.29, 0.717) is 18.3 Å². The van der Waals surface area contributed by atoms with Gasteiger partial charge in [0.1, 0.15) is 5.76 Å². The summed E-state index contributed by atoms with van der Waals surface area (Å²) in [5, 5.41) is 2.11. The summed E-state index contributed by atoms with van der Waals surface area (Å²) in [6, 6.07) is 7.96. The first-order valence-corrected chi connectivity index (χ1v) is 9.59. The highest BCUT2D eigenvalue weighted by atomic mass is 32.2. The number of hydrogen-bond donors (Lipinski definition) is 0. The van der Waals surface area contributed by atoms with Crippen LogP contribution in [0.3, 0.4) is 0 Å². The van der Waals surface area contributed by atoms with Gasteiger partial charge in [-0.1, -0.05) is 6.07 Å². The second-order valence-electron chi connectivity index (χ2n) is 5.65. The summed E-state index contributed by atoms with van der Waals surface area (Å²) in [7, 11) is -0.487. The van der Waals surface area contributed by atoms with Gasteiger partial charge in [-0.25, -0.2) is 12.7 Å². The summed E-state index contributed by atoms with van der Waals surface area (Å²) < 4.78 is 30.8. The zero-order chi connectivity index (χ0) is 15.7. The fraction of sp³-hybridized carbons (Fsp3) is 0.467. The lowest BCUT2D eigenvalue weighted by Crippen LogP contribution is -2.22. The van der Waals surface area contributed by atoms with E-state index in [2.05, 4.69) is 22.4 Å².